The number of piperazine rings is 1. The zero-order valence-corrected chi connectivity index (χ0v) is 16.3. The Kier molecular flexibility index (Phi) is 6.77. The Labute approximate surface area is 159 Å². The molecule has 3 heterocycles. The van der Waals surface area contributed by atoms with Crippen LogP contribution in [0.3, 0.4) is 0 Å². The van der Waals surface area contributed by atoms with Gasteiger partial charge in [-0.2, -0.15) is 0 Å². The Morgan fingerprint density at radius 2 is 2.11 bits per heavy atom. The van der Waals surface area contributed by atoms with E-state index in [1.165, 1.54) is 0 Å². The number of hydrogen-bond acceptors (Lipinski definition) is 7. The lowest BCUT2D eigenvalue weighted by molar-refractivity contribution is 0.166. The molecule has 0 atom stereocenters. The van der Waals surface area contributed by atoms with Crippen molar-refractivity contribution in [2.75, 3.05) is 46.4 Å². The van der Waals surface area contributed by atoms with Crippen molar-refractivity contribution in [3.63, 3.8) is 0 Å². The van der Waals surface area contributed by atoms with E-state index in [-0.39, 0.29) is 0 Å². The maximum atomic E-state index is 5.15. The minimum Gasteiger partial charge on any atom is -0.383 e. The van der Waals surface area contributed by atoms with Crippen LogP contribution in [0.2, 0.25) is 0 Å². The number of methoxy groups -OCH3 is 1. The van der Waals surface area contributed by atoms with Gasteiger partial charge in [-0.15, -0.1) is 10.2 Å². The molecule has 148 valence electrons. The first kappa shape index (κ1) is 19.3. The fourth-order valence-corrected chi connectivity index (χ4v) is 2.93. The molecule has 0 unspecified atom stereocenters. The first-order valence-corrected chi connectivity index (χ1v) is 9.16. The van der Waals surface area contributed by atoms with Gasteiger partial charge in [0.25, 0.3) is 0 Å². The van der Waals surface area contributed by atoms with Gasteiger partial charge in [-0.3, -0.25) is 4.90 Å². The summed E-state index contributed by atoms with van der Waals surface area (Å²) in [7, 11) is 3.66. The zero-order valence-electron chi connectivity index (χ0n) is 16.3. The third-order valence-electron chi connectivity index (χ3n) is 4.69. The molecule has 1 fully saturated rings. The van der Waals surface area contributed by atoms with Crippen LogP contribution in [0, 0.1) is 6.92 Å². The van der Waals surface area contributed by atoms with Crippen LogP contribution in [0.4, 0.5) is 0 Å². The van der Waals surface area contributed by atoms with Crippen LogP contribution in [0.1, 0.15) is 17.3 Å². The van der Waals surface area contributed by atoms with Gasteiger partial charge in [0.2, 0.25) is 0 Å². The summed E-state index contributed by atoms with van der Waals surface area (Å²) in [6.07, 6.45) is 1.62. The van der Waals surface area contributed by atoms with E-state index in [1.54, 1.807) is 13.4 Å². The van der Waals surface area contributed by atoms with Gasteiger partial charge in [-0.1, -0.05) is 5.16 Å². The fourth-order valence-electron chi connectivity index (χ4n) is 2.93. The number of nitrogens with one attached hydrogen (secondary N) is 1. The predicted molar refractivity (Wildman–Crippen MR) is 100 cm³/mol. The molecule has 0 amide bonds. The quantitative estimate of drug-likeness (QED) is 0.410. The van der Waals surface area contributed by atoms with Crippen molar-refractivity contribution in [2.24, 2.45) is 12.0 Å². The summed E-state index contributed by atoms with van der Waals surface area (Å²) in [6.45, 7) is 8.27. The summed E-state index contributed by atoms with van der Waals surface area (Å²) in [5.74, 6) is 2.62. The summed E-state index contributed by atoms with van der Waals surface area (Å²) in [5, 5.41) is 15.7. The number of ether oxygens (including phenoxy) is 1. The molecule has 27 heavy (non-hydrogen) atoms. The third kappa shape index (κ3) is 5.27. The number of aryl methyl sites for hydroxylation is 1. The Bertz CT molecular complexity index is 719. The fraction of sp³-hybridized carbons (Fsp3) is 0.647. The highest BCUT2D eigenvalue weighted by Crippen LogP contribution is 2.08. The molecule has 1 aliphatic heterocycles. The molecule has 2 aromatic heterocycles. The SMILES string of the molecule is COCCNC(=NCc1nnc(C)n1C)N1CCN(Cc2ccon2)CC1. The summed E-state index contributed by atoms with van der Waals surface area (Å²) in [5.41, 5.74) is 0.966. The van der Waals surface area contributed by atoms with Gasteiger partial charge in [0.05, 0.1) is 12.3 Å². The van der Waals surface area contributed by atoms with E-state index in [0.29, 0.717) is 19.7 Å². The number of guanidine groups is 1. The second-order valence-electron chi connectivity index (χ2n) is 6.54. The first-order valence-electron chi connectivity index (χ1n) is 9.16. The van der Waals surface area contributed by atoms with E-state index in [0.717, 1.165) is 56.0 Å². The van der Waals surface area contributed by atoms with Crippen molar-refractivity contribution in [3.05, 3.63) is 29.7 Å². The molecule has 0 spiro atoms. The first-order chi connectivity index (χ1) is 13.2. The van der Waals surface area contributed by atoms with E-state index < -0.39 is 0 Å². The average molecular weight is 376 g/mol. The van der Waals surface area contributed by atoms with Gasteiger partial charge < -0.3 is 24.0 Å². The molecule has 10 nitrogen and oxygen atoms in total. The summed E-state index contributed by atoms with van der Waals surface area (Å²) in [6, 6.07) is 1.91. The molecule has 0 bridgehead atoms. The molecular formula is C17H28N8O2. The monoisotopic (exact) mass is 376 g/mol. The highest BCUT2D eigenvalue weighted by molar-refractivity contribution is 5.80. The van der Waals surface area contributed by atoms with Crippen LogP contribution >= 0.6 is 0 Å². The van der Waals surface area contributed by atoms with Crippen LogP contribution in [-0.4, -0.2) is 82.1 Å². The normalized spacial score (nSPS) is 16.1. The van der Waals surface area contributed by atoms with E-state index >= 15 is 0 Å². The van der Waals surface area contributed by atoms with E-state index in [9.17, 15) is 0 Å². The number of aromatic nitrogens is 4. The highest BCUT2D eigenvalue weighted by atomic mass is 16.5. The Hall–Kier alpha value is -2.46. The number of nitrogens with zero attached hydrogens (tertiary/aromatic N) is 7. The van der Waals surface area contributed by atoms with Crippen molar-refractivity contribution in [1.82, 2.24) is 35.0 Å². The van der Waals surface area contributed by atoms with Crippen LogP contribution in [0.5, 0.6) is 0 Å². The van der Waals surface area contributed by atoms with E-state index in [2.05, 4.69) is 30.5 Å². The van der Waals surface area contributed by atoms with Crippen LogP contribution in [0.25, 0.3) is 0 Å². The highest BCUT2D eigenvalue weighted by Gasteiger charge is 2.20. The molecule has 10 heteroatoms. The standard InChI is InChI=1S/C17H28N8O2/c1-14-20-21-16(23(14)2)12-19-17(18-5-11-26-3)25-8-6-24(7-9-25)13-15-4-10-27-22-15/h4,10H,5-9,11-13H2,1-3H3,(H,18,19). The Morgan fingerprint density at radius 1 is 1.30 bits per heavy atom. The molecule has 1 saturated heterocycles. The minimum absolute atomic E-state index is 0.492. The second kappa shape index (κ2) is 9.47. The lowest BCUT2D eigenvalue weighted by atomic mass is 10.3. The van der Waals surface area contributed by atoms with Gasteiger partial charge in [-0.25, -0.2) is 4.99 Å². The summed E-state index contributed by atoms with van der Waals surface area (Å²) >= 11 is 0. The Morgan fingerprint density at radius 3 is 2.74 bits per heavy atom. The van der Waals surface area contributed by atoms with Gasteiger partial charge in [0, 0.05) is 59.5 Å². The maximum Gasteiger partial charge on any atom is 0.194 e. The smallest absolute Gasteiger partial charge is 0.194 e. The predicted octanol–water partition coefficient (Wildman–Crippen LogP) is 0.0213. The zero-order chi connectivity index (χ0) is 19.1. The largest absolute Gasteiger partial charge is 0.383 e. The molecule has 3 rings (SSSR count). The molecule has 0 aliphatic carbocycles. The van der Waals surface area contributed by atoms with E-state index in [4.69, 9.17) is 14.3 Å². The molecule has 0 saturated carbocycles. The molecule has 2 aromatic rings. The summed E-state index contributed by atoms with van der Waals surface area (Å²) in [4.78, 5) is 9.42. The molecule has 1 aliphatic rings. The van der Waals surface area contributed by atoms with Crippen molar-refractivity contribution in [1.29, 1.82) is 0 Å². The maximum absolute atomic E-state index is 5.15. The van der Waals surface area contributed by atoms with Crippen molar-refractivity contribution in [3.8, 4) is 0 Å². The molecule has 0 aromatic carbocycles. The Balaban J connectivity index is 1.59. The van der Waals surface area contributed by atoms with Crippen LogP contribution in [0.15, 0.2) is 21.8 Å². The number of aliphatic imine (C=N–C) groups is 1. The topological polar surface area (TPSA) is 96.8 Å². The van der Waals surface area contributed by atoms with Gasteiger partial charge >= 0.3 is 0 Å². The lowest BCUT2D eigenvalue weighted by Gasteiger charge is -2.36. The van der Waals surface area contributed by atoms with Crippen LogP contribution in [-0.2, 0) is 24.9 Å². The molecule has 0 radical (unpaired) electrons. The van der Waals surface area contributed by atoms with Crippen molar-refractivity contribution < 1.29 is 9.26 Å². The molecular weight excluding hydrogens is 348 g/mol. The average Bonchev–Trinajstić information content (AvgIpc) is 3.30. The third-order valence-corrected chi connectivity index (χ3v) is 4.69. The van der Waals surface area contributed by atoms with Gasteiger partial charge in [0.15, 0.2) is 11.8 Å². The van der Waals surface area contributed by atoms with E-state index in [1.807, 2.05) is 24.6 Å². The van der Waals surface area contributed by atoms with Gasteiger partial charge in [0.1, 0.15) is 18.6 Å². The minimum atomic E-state index is 0.492. The van der Waals surface area contributed by atoms with Crippen molar-refractivity contribution >= 4 is 5.96 Å². The second-order valence-corrected chi connectivity index (χ2v) is 6.54. The van der Waals surface area contributed by atoms with Crippen LogP contribution < -0.4 is 5.32 Å². The van der Waals surface area contributed by atoms with Crippen molar-refractivity contribution in [2.45, 2.75) is 20.0 Å². The summed E-state index contributed by atoms with van der Waals surface area (Å²) < 4.78 is 12.0. The van der Waals surface area contributed by atoms with Gasteiger partial charge in [-0.05, 0) is 6.92 Å². The number of rotatable bonds is 7. The lowest BCUT2D eigenvalue weighted by Crippen LogP contribution is -2.52. The molecule has 1 N–H and O–H groups in total. The number of hydrogen-bond donors (Lipinski definition) is 1.